The minimum absolute atomic E-state index is 0.0789. The van der Waals surface area contributed by atoms with E-state index < -0.39 is 21.8 Å². The first kappa shape index (κ1) is 16.9. The zero-order valence-electron chi connectivity index (χ0n) is 11.9. The number of rotatable bonds is 4. The molecule has 0 saturated heterocycles. The van der Waals surface area contributed by atoms with E-state index in [1.54, 1.807) is 12.1 Å². The van der Waals surface area contributed by atoms with Crippen LogP contribution in [0.2, 0.25) is 5.02 Å². The quantitative estimate of drug-likeness (QED) is 0.855. The van der Waals surface area contributed by atoms with Crippen molar-refractivity contribution < 1.29 is 18.0 Å². The van der Waals surface area contributed by atoms with Crippen molar-refractivity contribution in [1.82, 2.24) is 9.71 Å². The number of pyridine rings is 1. The molecule has 2 amide bonds. The van der Waals surface area contributed by atoms with Gasteiger partial charge in [0.2, 0.25) is 10.0 Å². The van der Waals surface area contributed by atoms with E-state index in [9.17, 15) is 18.0 Å². The predicted octanol–water partition coefficient (Wildman–Crippen LogP) is 1.19. The van der Waals surface area contributed by atoms with Crippen molar-refractivity contribution in [3.05, 3.63) is 52.7 Å². The Morgan fingerprint density at radius 2 is 1.91 bits per heavy atom. The van der Waals surface area contributed by atoms with E-state index in [1.165, 1.54) is 24.3 Å². The number of nitrogens with two attached hydrogens (primary N) is 1. The molecule has 0 aliphatic carbocycles. The van der Waals surface area contributed by atoms with Gasteiger partial charge in [-0.3, -0.25) is 9.59 Å². The fourth-order valence-electron chi connectivity index (χ4n) is 1.81. The molecule has 1 aromatic carbocycles. The van der Waals surface area contributed by atoms with Crippen LogP contribution in [0.4, 0.5) is 0 Å². The second-order valence-electron chi connectivity index (χ2n) is 4.67. The lowest BCUT2D eigenvalue weighted by Crippen LogP contribution is -2.29. The lowest BCUT2D eigenvalue weighted by Gasteiger charge is -2.08. The number of amides is 2. The van der Waals surface area contributed by atoms with Crippen molar-refractivity contribution in [1.29, 1.82) is 0 Å². The Labute approximate surface area is 137 Å². The zero-order chi connectivity index (χ0) is 17.2. The standard InChI is InChI=1S/C14H12ClN3O4S/c1-23(21,22)18-14(20)8-5-6-9(10(15)7-8)11-3-2-4-12(17-11)13(16)19/h2-7H,1H3,(H2,16,19)(H,18,20). The molecule has 0 fully saturated rings. The van der Waals surface area contributed by atoms with Crippen molar-refractivity contribution in [2.75, 3.05) is 6.26 Å². The Kier molecular flexibility index (Phi) is 4.67. The van der Waals surface area contributed by atoms with E-state index in [2.05, 4.69) is 4.98 Å². The summed E-state index contributed by atoms with van der Waals surface area (Å²) in [5, 5.41) is 0.181. The average molecular weight is 354 g/mol. The molecule has 0 saturated carbocycles. The highest BCUT2D eigenvalue weighted by Crippen LogP contribution is 2.27. The minimum atomic E-state index is -3.67. The molecule has 1 heterocycles. The van der Waals surface area contributed by atoms with Crippen molar-refractivity contribution >= 4 is 33.4 Å². The van der Waals surface area contributed by atoms with Gasteiger partial charge in [-0.1, -0.05) is 23.7 Å². The van der Waals surface area contributed by atoms with Gasteiger partial charge in [-0.15, -0.1) is 0 Å². The number of nitrogens with zero attached hydrogens (tertiary/aromatic N) is 1. The molecular formula is C14H12ClN3O4S. The van der Waals surface area contributed by atoms with E-state index in [-0.39, 0.29) is 16.3 Å². The third-order valence-corrected chi connectivity index (χ3v) is 3.66. The Morgan fingerprint density at radius 3 is 2.48 bits per heavy atom. The molecule has 23 heavy (non-hydrogen) atoms. The van der Waals surface area contributed by atoms with Crippen LogP contribution in [-0.4, -0.2) is 31.5 Å². The molecule has 120 valence electrons. The van der Waals surface area contributed by atoms with Gasteiger partial charge in [0.25, 0.3) is 11.8 Å². The first-order valence-corrected chi connectivity index (χ1v) is 8.53. The molecule has 0 radical (unpaired) electrons. The SMILES string of the molecule is CS(=O)(=O)NC(=O)c1ccc(-c2cccc(C(N)=O)n2)c(Cl)c1. The van der Waals surface area contributed by atoms with Gasteiger partial charge in [0.15, 0.2) is 0 Å². The van der Waals surface area contributed by atoms with Gasteiger partial charge in [0.05, 0.1) is 17.0 Å². The third kappa shape index (κ3) is 4.27. The monoisotopic (exact) mass is 353 g/mol. The fourth-order valence-corrected chi connectivity index (χ4v) is 2.55. The first-order valence-electron chi connectivity index (χ1n) is 6.26. The van der Waals surface area contributed by atoms with E-state index in [0.29, 0.717) is 11.3 Å². The summed E-state index contributed by atoms with van der Waals surface area (Å²) in [5.41, 5.74) is 6.22. The summed E-state index contributed by atoms with van der Waals surface area (Å²) < 4.78 is 24.0. The third-order valence-electron chi connectivity index (χ3n) is 2.79. The number of aromatic nitrogens is 1. The number of carbonyl (C=O) groups excluding carboxylic acids is 2. The second-order valence-corrected chi connectivity index (χ2v) is 6.83. The van der Waals surface area contributed by atoms with Crippen LogP contribution in [0.3, 0.4) is 0 Å². The molecule has 7 nitrogen and oxygen atoms in total. The highest BCUT2D eigenvalue weighted by atomic mass is 35.5. The predicted molar refractivity (Wildman–Crippen MR) is 85.5 cm³/mol. The van der Waals surface area contributed by atoms with Gasteiger partial charge < -0.3 is 5.73 Å². The lowest BCUT2D eigenvalue weighted by molar-refractivity contribution is 0.0977. The maximum absolute atomic E-state index is 11.8. The average Bonchev–Trinajstić information content (AvgIpc) is 2.45. The molecule has 0 bridgehead atoms. The van der Waals surface area contributed by atoms with Crippen molar-refractivity contribution in [2.24, 2.45) is 5.73 Å². The normalized spacial score (nSPS) is 11.0. The Bertz CT molecular complexity index is 897. The first-order chi connectivity index (χ1) is 10.7. The Balaban J connectivity index is 2.38. The fraction of sp³-hybridized carbons (Fsp3) is 0.0714. The smallest absolute Gasteiger partial charge is 0.267 e. The number of sulfonamides is 1. The van der Waals surface area contributed by atoms with Gasteiger partial charge in [0.1, 0.15) is 5.69 Å². The van der Waals surface area contributed by atoms with Gasteiger partial charge in [-0.05, 0) is 24.3 Å². The number of carbonyl (C=O) groups is 2. The molecule has 0 atom stereocenters. The summed E-state index contributed by atoms with van der Waals surface area (Å²) in [7, 11) is -3.67. The number of nitrogens with one attached hydrogen (secondary N) is 1. The summed E-state index contributed by atoms with van der Waals surface area (Å²) in [5.74, 6) is -1.47. The van der Waals surface area contributed by atoms with E-state index in [0.717, 1.165) is 6.26 Å². The molecule has 2 rings (SSSR count). The molecule has 0 unspecified atom stereocenters. The molecule has 1 aromatic heterocycles. The van der Waals surface area contributed by atoms with E-state index in [1.807, 2.05) is 4.72 Å². The summed E-state index contributed by atoms with van der Waals surface area (Å²) in [6, 6.07) is 8.92. The lowest BCUT2D eigenvalue weighted by atomic mass is 10.1. The Hall–Kier alpha value is -2.45. The topological polar surface area (TPSA) is 119 Å². The van der Waals surface area contributed by atoms with Crippen LogP contribution in [0.1, 0.15) is 20.8 Å². The summed E-state index contributed by atoms with van der Waals surface area (Å²) in [6.45, 7) is 0. The highest BCUT2D eigenvalue weighted by molar-refractivity contribution is 7.89. The molecule has 9 heteroatoms. The van der Waals surface area contributed by atoms with Gasteiger partial charge >= 0.3 is 0 Å². The van der Waals surface area contributed by atoms with Crippen molar-refractivity contribution in [3.63, 3.8) is 0 Å². The maximum Gasteiger partial charge on any atom is 0.267 e. The molecule has 0 spiro atoms. The number of halogens is 1. The number of primary amides is 1. The van der Waals surface area contributed by atoms with Crippen LogP contribution < -0.4 is 10.5 Å². The van der Waals surface area contributed by atoms with Crippen LogP contribution in [-0.2, 0) is 10.0 Å². The summed E-state index contributed by atoms with van der Waals surface area (Å²) >= 11 is 6.13. The van der Waals surface area contributed by atoms with Gasteiger partial charge in [-0.2, -0.15) is 0 Å². The number of hydrogen-bond acceptors (Lipinski definition) is 5. The molecule has 2 aromatic rings. The highest BCUT2D eigenvalue weighted by Gasteiger charge is 2.14. The van der Waals surface area contributed by atoms with Crippen LogP contribution in [0.15, 0.2) is 36.4 Å². The maximum atomic E-state index is 11.8. The number of benzene rings is 1. The van der Waals surface area contributed by atoms with Gasteiger partial charge in [0, 0.05) is 11.1 Å². The summed E-state index contributed by atoms with van der Waals surface area (Å²) in [4.78, 5) is 27.0. The largest absolute Gasteiger partial charge is 0.364 e. The van der Waals surface area contributed by atoms with Gasteiger partial charge in [-0.25, -0.2) is 18.1 Å². The van der Waals surface area contributed by atoms with E-state index >= 15 is 0 Å². The molecule has 3 N–H and O–H groups in total. The van der Waals surface area contributed by atoms with Crippen molar-refractivity contribution in [3.8, 4) is 11.3 Å². The van der Waals surface area contributed by atoms with Crippen LogP contribution in [0.25, 0.3) is 11.3 Å². The molecule has 0 aliphatic rings. The van der Waals surface area contributed by atoms with E-state index in [4.69, 9.17) is 17.3 Å². The summed E-state index contributed by atoms with van der Waals surface area (Å²) in [6.07, 6.45) is 0.875. The zero-order valence-corrected chi connectivity index (χ0v) is 13.5. The van der Waals surface area contributed by atoms with Crippen LogP contribution in [0.5, 0.6) is 0 Å². The minimum Gasteiger partial charge on any atom is -0.364 e. The number of hydrogen-bond donors (Lipinski definition) is 2. The van der Waals surface area contributed by atoms with Crippen LogP contribution in [0, 0.1) is 0 Å². The van der Waals surface area contributed by atoms with Crippen molar-refractivity contribution in [2.45, 2.75) is 0 Å². The molecule has 0 aliphatic heterocycles. The second kappa shape index (κ2) is 6.35. The van der Waals surface area contributed by atoms with Crippen LogP contribution >= 0.6 is 11.6 Å². The molecular weight excluding hydrogens is 342 g/mol. The Morgan fingerprint density at radius 1 is 1.22 bits per heavy atom.